The van der Waals surface area contributed by atoms with Gasteiger partial charge in [0, 0.05) is 6.08 Å². The molecule has 0 spiro atoms. The second kappa shape index (κ2) is 6.32. The summed E-state index contributed by atoms with van der Waals surface area (Å²) in [7, 11) is 0. The number of hydrogen-bond acceptors (Lipinski definition) is 2. The number of carboxylic acid groups (broad SMARTS) is 1. The minimum Gasteiger partial charge on any atom is -0.480 e. The molecule has 5 heteroatoms. The Morgan fingerprint density at radius 3 is 2.50 bits per heavy atom. The van der Waals surface area contributed by atoms with Gasteiger partial charge in [0.25, 0.3) is 0 Å². The van der Waals surface area contributed by atoms with Crippen molar-refractivity contribution in [3.8, 4) is 0 Å². The number of carbonyl (C=O) groups excluding carboxylic acids is 1. The van der Waals surface area contributed by atoms with Crippen molar-refractivity contribution < 1.29 is 19.1 Å². The normalized spacial score (nSPS) is 13.2. The van der Waals surface area contributed by atoms with Crippen LogP contribution in [0.3, 0.4) is 0 Å². The van der Waals surface area contributed by atoms with Crippen molar-refractivity contribution in [2.45, 2.75) is 26.8 Å². The molecule has 4 nitrogen and oxygen atoms in total. The minimum atomic E-state index is -1.09. The summed E-state index contributed by atoms with van der Waals surface area (Å²) in [6.45, 7) is 5.17. The van der Waals surface area contributed by atoms with Gasteiger partial charge in [0.2, 0.25) is 5.91 Å². The lowest BCUT2D eigenvalue weighted by molar-refractivity contribution is -0.144. The first kappa shape index (κ1) is 15.9. The summed E-state index contributed by atoms with van der Waals surface area (Å²) in [6, 6.07) is 4.76. The van der Waals surface area contributed by atoms with E-state index < -0.39 is 29.2 Å². The third-order valence-corrected chi connectivity index (χ3v) is 2.68. The van der Waals surface area contributed by atoms with Gasteiger partial charge in [-0.3, -0.25) is 4.79 Å². The Morgan fingerprint density at radius 1 is 1.35 bits per heavy atom. The van der Waals surface area contributed by atoms with Gasteiger partial charge < -0.3 is 10.4 Å². The van der Waals surface area contributed by atoms with Crippen LogP contribution >= 0.6 is 0 Å². The summed E-state index contributed by atoms with van der Waals surface area (Å²) in [4.78, 5) is 22.8. The Morgan fingerprint density at radius 2 is 2.00 bits per heavy atom. The van der Waals surface area contributed by atoms with Crippen molar-refractivity contribution in [3.63, 3.8) is 0 Å². The minimum absolute atomic E-state index is 0.398. The smallest absolute Gasteiger partial charge is 0.326 e. The van der Waals surface area contributed by atoms with Gasteiger partial charge in [-0.15, -0.1) is 0 Å². The fourth-order valence-corrected chi connectivity index (χ4v) is 1.62. The molecule has 1 amide bonds. The average Bonchev–Trinajstić information content (AvgIpc) is 2.31. The lowest BCUT2D eigenvalue weighted by atomic mass is 9.87. The molecule has 1 aromatic carbocycles. The standard InChI is InChI=1S/C15H18FNO3/c1-15(2,3)13(14(19)20)17-12(18)8-7-10-5-4-6-11(16)9-10/h4-9,13H,1-3H3,(H,17,18)(H,19,20)/b8-7+/t13-/m0/s1. The van der Waals surface area contributed by atoms with Gasteiger partial charge in [0.15, 0.2) is 0 Å². The molecule has 1 rings (SSSR count). The number of nitrogens with one attached hydrogen (secondary N) is 1. The zero-order valence-electron chi connectivity index (χ0n) is 11.7. The molecule has 0 saturated carbocycles. The average molecular weight is 279 g/mol. The molecular weight excluding hydrogens is 261 g/mol. The van der Waals surface area contributed by atoms with Crippen LogP contribution in [-0.2, 0) is 9.59 Å². The van der Waals surface area contributed by atoms with E-state index in [1.165, 1.54) is 30.4 Å². The first-order valence-corrected chi connectivity index (χ1v) is 6.17. The maximum absolute atomic E-state index is 13.0. The number of hydrogen-bond donors (Lipinski definition) is 2. The van der Waals surface area contributed by atoms with E-state index in [0.717, 1.165) is 0 Å². The van der Waals surface area contributed by atoms with Crippen LogP contribution in [0, 0.1) is 11.2 Å². The molecule has 2 N–H and O–H groups in total. The van der Waals surface area contributed by atoms with Crippen LogP contribution in [0.1, 0.15) is 26.3 Å². The van der Waals surface area contributed by atoms with Gasteiger partial charge in [-0.1, -0.05) is 32.9 Å². The topological polar surface area (TPSA) is 66.4 Å². The second-order valence-corrected chi connectivity index (χ2v) is 5.53. The van der Waals surface area contributed by atoms with Crippen molar-refractivity contribution in [3.05, 3.63) is 41.7 Å². The SMILES string of the molecule is CC(C)(C)[C@@H](NC(=O)/C=C/c1cccc(F)c1)C(=O)O. The van der Waals surface area contributed by atoms with Crippen LogP contribution in [0.5, 0.6) is 0 Å². The fourth-order valence-electron chi connectivity index (χ4n) is 1.62. The highest BCUT2D eigenvalue weighted by molar-refractivity contribution is 5.94. The van der Waals surface area contributed by atoms with E-state index >= 15 is 0 Å². The Kier molecular flexibility index (Phi) is 5.02. The Balaban J connectivity index is 2.74. The summed E-state index contributed by atoms with van der Waals surface area (Å²) in [6.07, 6.45) is 2.62. The summed E-state index contributed by atoms with van der Waals surface area (Å²) >= 11 is 0. The molecule has 0 aliphatic heterocycles. The first-order chi connectivity index (χ1) is 9.20. The molecule has 1 atom stereocenters. The zero-order chi connectivity index (χ0) is 15.3. The number of carboxylic acids is 1. The van der Waals surface area contributed by atoms with Crippen LogP contribution in [-0.4, -0.2) is 23.0 Å². The van der Waals surface area contributed by atoms with Crippen LogP contribution in [0.25, 0.3) is 6.08 Å². The predicted molar refractivity (Wildman–Crippen MR) is 74.5 cm³/mol. The number of rotatable bonds is 4. The summed E-state index contributed by atoms with van der Waals surface area (Å²) < 4.78 is 13.0. The lowest BCUT2D eigenvalue weighted by Crippen LogP contribution is -2.48. The van der Waals surface area contributed by atoms with Gasteiger partial charge >= 0.3 is 5.97 Å². The van der Waals surface area contributed by atoms with E-state index in [-0.39, 0.29) is 0 Å². The summed E-state index contributed by atoms with van der Waals surface area (Å²) in [5.74, 6) is -2.02. The van der Waals surface area contributed by atoms with E-state index in [2.05, 4.69) is 5.32 Å². The largest absolute Gasteiger partial charge is 0.480 e. The van der Waals surface area contributed by atoms with Crippen molar-refractivity contribution >= 4 is 18.0 Å². The number of carbonyl (C=O) groups is 2. The molecular formula is C15H18FNO3. The quantitative estimate of drug-likeness (QED) is 0.832. The van der Waals surface area contributed by atoms with Gasteiger partial charge in [-0.05, 0) is 29.2 Å². The van der Waals surface area contributed by atoms with Crippen molar-refractivity contribution in [1.29, 1.82) is 0 Å². The molecule has 20 heavy (non-hydrogen) atoms. The summed E-state index contributed by atoms with van der Waals surface area (Å²) in [5.41, 5.74) is -0.0726. The Bertz CT molecular complexity index is 532. The van der Waals surface area contributed by atoms with Crippen LogP contribution < -0.4 is 5.32 Å². The number of aliphatic carboxylic acids is 1. The molecule has 0 heterocycles. The molecule has 0 aliphatic carbocycles. The number of amides is 1. The second-order valence-electron chi connectivity index (χ2n) is 5.53. The molecule has 0 fully saturated rings. The Labute approximate surface area is 117 Å². The lowest BCUT2D eigenvalue weighted by Gasteiger charge is -2.27. The highest BCUT2D eigenvalue weighted by atomic mass is 19.1. The highest BCUT2D eigenvalue weighted by Crippen LogP contribution is 2.19. The molecule has 0 radical (unpaired) electrons. The van der Waals surface area contributed by atoms with Crippen molar-refractivity contribution in [1.82, 2.24) is 5.32 Å². The van der Waals surface area contributed by atoms with E-state index in [1.807, 2.05) is 0 Å². The van der Waals surface area contributed by atoms with Gasteiger partial charge in [0.05, 0.1) is 0 Å². The van der Waals surface area contributed by atoms with Crippen molar-refractivity contribution in [2.24, 2.45) is 5.41 Å². The number of halogens is 1. The molecule has 0 unspecified atom stereocenters. The van der Waals surface area contributed by atoms with E-state index in [4.69, 9.17) is 5.11 Å². The third kappa shape index (κ3) is 4.84. The molecule has 108 valence electrons. The maximum Gasteiger partial charge on any atom is 0.326 e. The molecule has 0 aliphatic rings. The van der Waals surface area contributed by atoms with Gasteiger partial charge in [-0.25, -0.2) is 9.18 Å². The zero-order valence-corrected chi connectivity index (χ0v) is 11.7. The summed E-state index contributed by atoms with van der Waals surface area (Å²) in [5, 5.41) is 11.5. The molecule has 0 aromatic heterocycles. The van der Waals surface area contributed by atoms with E-state index in [0.29, 0.717) is 5.56 Å². The number of benzene rings is 1. The van der Waals surface area contributed by atoms with E-state index in [9.17, 15) is 14.0 Å². The van der Waals surface area contributed by atoms with Crippen molar-refractivity contribution in [2.75, 3.05) is 0 Å². The maximum atomic E-state index is 13.0. The Hall–Kier alpha value is -2.17. The molecule has 0 bridgehead atoms. The van der Waals surface area contributed by atoms with Crippen LogP contribution in [0.15, 0.2) is 30.3 Å². The monoisotopic (exact) mass is 279 g/mol. The first-order valence-electron chi connectivity index (χ1n) is 6.17. The third-order valence-electron chi connectivity index (χ3n) is 2.68. The molecule has 1 aromatic rings. The van der Waals surface area contributed by atoms with Gasteiger partial charge in [-0.2, -0.15) is 0 Å². The molecule has 0 saturated heterocycles. The fraction of sp³-hybridized carbons (Fsp3) is 0.333. The highest BCUT2D eigenvalue weighted by Gasteiger charge is 2.31. The van der Waals surface area contributed by atoms with Crippen LogP contribution in [0.2, 0.25) is 0 Å². The predicted octanol–water partition coefficient (Wildman–Crippen LogP) is 2.45. The van der Waals surface area contributed by atoms with Crippen LogP contribution in [0.4, 0.5) is 4.39 Å². The van der Waals surface area contributed by atoms with Gasteiger partial charge in [0.1, 0.15) is 11.9 Å². The van der Waals surface area contributed by atoms with E-state index in [1.54, 1.807) is 26.8 Å².